The molecular formula is C18H16F3N2O+. The average Bonchev–Trinajstić information content (AvgIpc) is 2.97. The fourth-order valence-electron chi connectivity index (χ4n) is 2.46. The summed E-state index contributed by atoms with van der Waals surface area (Å²) in [6.45, 7) is 4.21. The van der Waals surface area contributed by atoms with Gasteiger partial charge in [-0.15, -0.1) is 0 Å². The van der Waals surface area contributed by atoms with Crippen molar-refractivity contribution in [2.75, 3.05) is 0 Å². The zero-order valence-corrected chi connectivity index (χ0v) is 13.3. The number of benzene rings is 1. The summed E-state index contributed by atoms with van der Waals surface area (Å²) in [6.07, 6.45) is 0.686. The van der Waals surface area contributed by atoms with E-state index in [0.717, 1.165) is 36.1 Å². The minimum absolute atomic E-state index is 0.186. The van der Waals surface area contributed by atoms with Crippen LogP contribution in [0, 0.1) is 5.92 Å². The van der Waals surface area contributed by atoms with Crippen LogP contribution in [0.5, 0.6) is 0 Å². The number of hydrogen-bond acceptors (Lipinski definition) is 2. The van der Waals surface area contributed by atoms with Gasteiger partial charge in [0.25, 0.3) is 0 Å². The summed E-state index contributed by atoms with van der Waals surface area (Å²) < 4.78 is 48.1. The van der Waals surface area contributed by atoms with E-state index >= 15 is 0 Å². The van der Waals surface area contributed by atoms with Gasteiger partial charge in [0.1, 0.15) is 5.52 Å². The molecule has 1 aromatic heterocycles. The molecule has 24 heavy (non-hydrogen) atoms. The van der Waals surface area contributed by atoms with Crippen molar-refractivity contribution in [2.24, 2.45) is 5.92 Å². The first-order valence-electron chi connectivity index (χ1n) is 7.72. The number of allylic oxidation sites excluding steroid dienone is 3. The van der Waals surface area contributed by atoms with Gasteiger partial charge in [-0.1, -0.05) is 20.3 Å². The van der Waals surface area contributed by atoms with E-state index in [1.54, 1.807) is 12.3 Å². The standard InChI is InChI=1S/C18H16F3N2O/c1-3-11(2)8-12-10-22-7-6-14(12)17-23-15-9-13(18(19,20)21)4-5-16(15)24-17/h4-7,9,11H,3,8H2,1-2H3/q+1. The van der Waals surface area contributed by atoms with Crippen molar-refractivity contribution in [2.45, 2.75) is 32.9 Å². The summed E-state index contributed by atoms with van der Waals surface area (Å²) in [4.78, 5) is 4.24. The van der Waals surface area contributed by atoms with Crippen molar-refractivity contribution >= 4 is 28.8 Å². The van der Waals surface area contributed by atoms with Crippen LogP contribution >= 0.6 is 0 Å². The first-order valence-corrected chi connectivity index (χ1v) is 7.72. The lowest BCUT2D eigenvalue weighted by Crippen LogP contribution is -2.04. The summed E-state index contributed by atoms with van der Waals surface area (Å²) in [7, 11) is 0. The fraction of sp³-hybridized carbons (Fsp3) is 0.333. The lowest BCUT2D eigenvalue weighted by Gasteiger charge is -2.08. The molecule has 0 N–H and O–H groups in total. The Bertz CT molecular complexity index is 908. The first-order chi connectivity index (χ1) is 11.4. The second-order valence-corrected chi connectivity index (χ2v) is 5.87. The maximum Gasteiger partial charge on any atom is 0.416 e. The predicted octanol–water partition coefficient (Wildman–Crippen LogP) is 4.41. The molecule has 6 heteroatoms. The number of hydrogen-bond donors (Lipinski definition) is 0. The SMILES string of the molecule is CCC(C)CC1=C=[N+]=CC=C1c1nc2cc(C(F)(F)F)ccc2o1. The Labute approximate surface area is 136 Å². The second-order valence-electron chi connectivity index (χ2n) is 5.87. The van der Waals surface area contributed by atoms with E-state index in [9.17, 15) is 13.2 Å². The molecule has 1 aromatic carbocycles. The lowest BCUT2D eigenvalue weighted by molar-refractivity contribution is -0.137. The molecule has 2 aromatic rings. The zero-order valence-electron chi connectivity index (χ0n) is 13.3. The van der Waals surface area contributed by atoms with Crippen molar-refractivity contribution in [3.05, 3.63) is 41.3 Å². The maximum absolute atomic E-state index is 12.8. The van der Waals surface area contributed by atoms with Gasteiger partial charge in [0.05, 0.1) is 16.7 Å². The number of nitrogens with zero attached hydrogens (tertiary/aromatic N) is 2. The van der Waals surface area contributed by atoms with E-state index in [4.69, 9.17) is 4.42 Å². The molecule has 0 radical (unpaired) electrons. The molecule has 2 heterocycles. The minimum Gasteiger partial charge on any atom is -0.436 e. The van der Waals surface area contributed by atoms with Gasteiger partial charge in [0.2, 0.25) is 5.89 Å². The molecule has 3 rings (SSSR count). The fourth-order valence-corrected chi connectivity index (χ4v) is 2.46. The lowest BCUT2D eigenvalue weighted by atomic mass is 9.94. The van der Waals surface area contributed by atoms with E-state index in [-0.39, 0.29) is 5.52 Å². The van der Waals surface area contributed by atoms with E-state index < -0.39 is 11.7 Å². The van der Waals surface area contributed by atoms with Crippen LogP contribution in [0.4, 0.5) is 13.2 Å². The number of alkyl halides is 3. The number of halogens is 3. The van der Waals surface area contributed by atoms with Gasteiger partial charge in [-0.25, -0.2) is 4.98 Å². The largest absolute Gasteiger partial charge is 0.436 e. The highest BCUT2D eigenvalue weighted by molar-refractivity contribution is 5.98. The van der Waals surface area contributed by atoms with Gasteiger partial charge in [-0.3, -0.25) is 0 Å². The molecule has 1 aliphatic heterocycles. The Hall–Kier alpha value is -2.55. The average molecular weight is 333 g/mol. The minimum atomic E-state index is -4.40. The third-order valence-electron chi connectivity index (χ3n) is 4.04. The van der Waals surface area contributed by atoms with E-state index in [2.05, 4.69) is 29.4 Å². The van der Waals surface area contributed by atoms with Crippen LogP contribution in [0.2, 0.25) is 0 Å². The highest BCUT2D eigenvalue weighted by atomic mass is 19.4. The van der Waals surface area contributed by atoms with E-state index in [1.165, 1.54) is 6.07 Å². The molecule has 0 saturated carbocycles. The van der Waals surface area contributed by atoms with Gasteiger partial charge in [-0.2, -0.15) is 13.2 Å². The normalized spacial score (nSPS) is 15.5. The Balaban J connectivity index is 1.99. The number of oxazole rings is 1. The molecule has 1 aliphatic rings. The first kappa shape index (κ1) is 16.3. The Morgan fingerprint density at radius 3 is 2.83 bits per heavy atom. The van der Waals surface area contributed by atoms with Crippen molar-refractivity contribution in [3.63, 3.8) is 0 Å². The molecular weight excluding hydrogens is 317 g/mol. The third kappa shape index (κ3) is 3.21. The molecule has 0 amide bonds. The highest BCUT2D eigenvalue weighted by Crippen LogP contribution is 2.33. The highest BCUT2D eigenvalue weighted by Gasteiger charge is 2.31. The zero-order chi connectivity index (χ0) is 17.3. The molecule has 0 bridgehead atoms. The molecule has 0 spiro atoms. The molecule has 0 saturated heterocycles. The van der Waals surface area contributed by atoms with Crippen LogP contribution in [-0.2, 0) is 6.18 Å². The third-order valence-corrected chi connectivity index (χ3v) is 4.04. The predicted molar refractivity (Wildman–Crippen MR) is 87.8 cm³/mol. The van der Waals surface area contributed by atoms with Crippen LogP contribution in [0.3, 0.4) is 0 Å². The van der Waals surface area contributed by atoms with Gasteiger partial charge in [0, 0.05) is 6.08 Å². The van der Waals surface area contributed by atoms with Crippen molar-refractivity contribution in [1.82, 2.24) is 9.65 Å². The monoisotopic (exact) mass is 333 g/mol. The van der Waals surface area contributed by atoms with Gasteiger partial charge in [-0.05, 0) is 35.2 Å². The van der Waals surface area contributed by atoms with Crippen LogP contribution in [0.15, 0.2) is 34.3 Å². The number of rotatable bonds is 4. The summed E-state index contributed by atoms with van der Waals surface area (Å²) in [5.74, 6) is 3.68. The molecule has 1 atom stereocenters. The van der Waals surface area contributed by atoms with Crippen LogP contribution in [0.25, 0.3) is 16.7 Å². The second kappa shape index (κ2) is 6.16. The van der Waals surface area contributed by atoms with Crippen molar-refractivity contribution in [1.29, 1.82) is 0 Å². The summed E-state index contributed by atoms with van der Waals surface area (Å²) in [5, 5.41) is 0. The Morgan fingerprint density at radius 2 is 2.12 bits per heavy atom. The van der Waals surface area contributed by atoms with Crippen molar-refractivity contribution in [3.8, 4) is 0 Å². The smallest absolute Gasteiger partial charge is 0.416 e. The van der Waals surface area contributed by atoms with E-state index in [0.29, 0.717) is 17.4 Å². The number of aromatic nitrogens is 1. The van der Waals surface area contributed by atoms with Crippen LogP contribution in [-0.4, -0.2) is 17.1 Å². The van der Waals surface area contributed by atoms with E-state index in [1.807, 2.05) is 0 Å². The molecule has 0 aliphatic carbocycles. The van der Waals surface area contributed by atoms with Gasteiger partial charge >= 0.3 is 18.3 Å². The summed E-state index contributed by atoms with van der Waals surface area (Å²) >= 11 is 0. The molecule has 3 nitrogen and oxygen atoms in total. The summed E-state index contributed by atoms with van der Waals surface area (Å²) in [5.41, 5.74) is 1.34. The van der Waals surface area contributed by atoms with Gasteiger partial charge in [0.15, 0.2) is 5.58 Å². The quantitative estimate of drug-likeness (QED) is 0.777. The van der Waals surface area contributed by atoms with Gasteiger partial charge < -0.3 is 4.42 Å². The Morgan fingerprint density at radius 1 is 1.33 bits per heavy atom. The maximum atomic E-state index is 12.8. The van der Waals surface area contributed by atoms with Crippen LogP contribution < -0.4 is 4.67 Å². The molecule has 0 fully saturated rings. The summed E-state index contributed by atoms with van der Waals surface area (Å²) in [6, 6.07) is 3.30. The molecule has 1 unspecified atom stereocenters. The Kier molecular flexibility index (Phi) is 4.18. The topological polar surface area (TPSA) is 40.1 Å². The molecule has 124 valence electrons. The van der Waals surface area contributed by atoms with Crippen LogP contribution in [0.1, 0.15) is 38.1 Å². The number of fused-ring (bicyclic) bond motifs is 1. The van der Waals surface area contributed by atoms with Crippen molar-refractivity contribution < 1.29 is 17.6 Å².